The summed E-state index contributed by atoms with van der Waals surface area (Å²) in [4.78, 5) is 0. The van der Waals surface area contributed by atoms with E-state index in [0.29, 0.717) is 10.8 Å². The molecule has 4 fully saturated rings. The van der Waals surface area contributed by atoms with E-state index in [1.54, 1.807) is 0 Å². The summed E-state index contributed by atoms with van der Waals surface area (Å²) in [7, 11) is 0. The number of hydrogen-bond donors (Lipinski definition) is 1. The highest BCUT2D eigenvalue weighted by Gasteiger charge is 2.59. The standard InChI is InChI=1S/C20H34O/c1-13-4-7-17-16-6-5-14-12-15(21)8-10-20(14,3)18(16)9-11-19(13,17)2/h13-18,21H,4-12H2,1-3H3/t13?,14?,15?,16?,17?,18?,19-,20+/m1/s1. The fourth-order valence-electron chi connectivity index (χ4n) is 7.50. The van der Waals surface area contributed by atoms with Crippen LogP contribution in [0.15, 0.2) is 0 Å². The van der Waals surface area contributed by atoms with Gasteiger partial charge < -0.3 is 5.11 Å². The molecule has 0 bridgehead atoms. The molecular weight excluding hydrogens is 256 g/mol. The van der Waals surface area contributed by atoms with Crippen molar-refractivity contribution in [1.82, 2.24) is 0 Å². The van der Waals surface area contributed by atoms with Crippen LogP contribution in [-0.4, -0.2) is 11.2 Å². The van der Waals surface area contributed by atoms with E-state index in [4.69, 9.17) is 0 Å². The van der Waals surface area contributed by atoms with Crippen molar-refractivity contribution in [3.63, 3.8) is 0 Å². The first-order valence-electron chi connectivity index (χ1n) is 9.63. The Bertz CT molecular complexity index is 418. The summed E-state index contributed by atoms with van der Waals surface area (Å²) in [6.45, 7) is 7.73. The summed E-state index contributed by atoms with van der Waals surface area (Å²) >= 11 is 0. The first-order valence-corrected chi connectivity index (χ1v) is 9.63. The molecule has 0 radical (unpaired) electrons. The van der Waals surface area contributed by atoms with Gasteiger partial charge in [0.1, 0.15) is 0 Å². The second-order valence-electron chi connectivity index (χ2n) is 9.61. The van der Waals surface area contributed by atoms with E-state index in [-0.39, 0.29) is 6.10 Å². The average molecular weight is 290 g/mol. The average Bonchev–Trinajstić information content (AvgIpc) is 2.76. The zero-order valence-corrected chi connectivity index (χ0v) is 14.3. The largest absolute Gasteiger partial charge is 0.393 e. The minimum atomic E-state index is -0.0000147. The Balaban J connectivity index is 1.62. The van der Waals surface area contributed by atoms with Crippen LogP contribution in [0.25, 0.3) is 0 Å². The lowest BCUT2D eigenvalue weighted by Gasteiger charge is -2.60. The molecule has 0 heterocycles. The van der Waals surface area contributed by atoms with Gasteiger partial charge in [-0.25, -0.2) is 0 Å². The summed E-state index contributed by atoms with van der Waals surface area (Å²) < 4.78 is 0. The minimum absolute atomic E-state index is 0.0000147. The lowest BCUT2D eigenvalue weighted by atomic mass is 9.45. The van der Waals surface area contributed by atoms with Gasteiger partial charge >= 0.3 is 0 Å². The maximum absolute atomic E-state index is 10.1. The zero-order valence-electron chi connectivity index (χ0n) is 14.3. The van der Waals surface area contributed by atoms with Crippen LogP contribution in [0.2, 0.25) is 0 Å². The molecule has 0 spiro atoms. The van der Waals surface area contributed by atoms with Crippen molar-refractivity contribution in [2.75, 3.05) is 0 Å². The van der Waals surface area contributed by atoms with Crippen molar-refractivity contribution in [1.29, 1.82) is 0 Å². The van der Waals surface area contributed by atoms with Gasteiger partial charge in [0, 0.05) is 0 Å². The normalized spacial score (nSPS) is 60.0. The molecule has 4 saturated carbocycles. The molecular formula is C20H34O. The van der Waals surface area contributed by atoms with Gasteiger partial charge in [0.05, 0.1) is 6.10 Å². The summed E-state index contributed by atoms with van der Waals surface area (Å²) in [5.41, 5.74) is 1.20. The van der Waals surface area contributed by atoms with Gasteiger partial charge in [-0.1, -0.05) is 20.8 Å². The van der Waals surface area contributed by atoms with E-state index < -0.39 is 0 Å². The second-order valence-corrected chi connectivity index (χ2v) is 9.61. The maximum Gasteiger partial charge on any atom is 0.0543 e. The quantitative estimate of drug-likeness (QED) is 0.663. The van der Waals surface area contributed by atoms with E-state index >= 15 is 0 Å². The molecule has 6 unspecified atom stereocenters. The Morgan fingerprint density at radius 1 is 0.810 bits per heavy atom. The molecule has 4 aliphatic carbocycles. The van der Waals surface area contributed by atoms with Crippen molar-refractivity contribution in [2.24, 2.45) is 40.4 Å². The van der Waals surface area contributed by atoms with Gasteiger partial charge in [0.25, 0.3) is 0 Å². The van der Waals surface area contributed by atoms with Crippen LogP contribution in [0.4, 0.5) is 0 Å². The van der Waals surface area contributed by atoms with Crippen LogP contribution in [0.5, 0.6) is 0 Å². The fourth-order valence-corrected chi connectivity index (χ4v) is 7.50. The van der Waals surface area contributed by atoms with Gasteiger partial charge in [-0.2, -0.15) is 0 Å². The monoisotopic (exact) mass is 290 g/mol. The van der Waals surface area contributed by atoms with Gasteiger partial charge in [-0.3, -0.25) is 0 Å². The molecule has 1 nitrogen and oxygen atoms in total. The lowest BCUT2D eigenvalue weighted by Crippen LogP contribution is -2.53. The summed E-state index contributed by atoms with van der Waals surface area (Å²) in [6.07, 6.45) is 12.2. The van der Waals surface area contributed by atoms with E-state index in [2.05, 4.69) is 20.8 Å². The molecule has 0 aliphatic heterocycles. The van der Waals surface area contributed by atoms with Crippen LogP contribution < -0.4 is 0 Å². The Morgan fingerprint density at radius 2 is 1.52 bits per heavy atom. The number of aliphatic hydroxyl groups is 1. The predicted molar refractivity (Wildman–Crippen MR) is 86.9 cm³/mol. The smallest absolute Gasteiger partial charge is 0.0543 e. The maximum atomic E-state index is 10.1. The number of rotatable bonds is 0. The first-order chi connectivity index (χ1) is 9.95. The van der Waals surface area contributed by atoms with Gasteiger partial charge in [0.15, 0.2) is 0 Å². The first kappa shape index (κ1) is 14.5. The summed E-state index contributed by atoms with van der Waals surface area (Å²) in [5.74, 6) is 4.74. The van der Waals surface area contributed by atoms with E-state index in [1.165, 1.54) is 44.9 Å². The van der Waals surface area contributed by atoms with Crippen molar-refractivity contribution in [3.05, 3.63) is 0 Å². The van der Waals surface area contributed by atoms with Gasteiger partial charge in [-0.15, -0.1) is 0 Å². The molecule has 4 rings (SSSR count). The molecule has 1 heteroatoms. The van der Waals surface area contributed by atoms with Crippen LogP contribution >= 0.6 is 0 Å². The molecule has 0 amide bonds. The van der Waals surface area contributed by atoms with E-state index in [0.717, 1.165) is 42.4 Å². The van der Waals surface area contributed by atoms with Crippen molar-refractivity contribution in [2.45, 2.75) is 84.7 Å². The number of aliphatic hydroxyl groups excluding tert-OH is 1. The Morgan fingerprint density at radius 3 is 2.33 bits per heavy atom. The van der Waals surface area contributed by atoms with E-state index in [9.17, 15) is 5.11 Å². The van der Waals surface area contributed by atoms with Crippen LogP contribution in [0.3, 0.4) is 0 Å². The third-order valence-corrected chi connectivity index (χ3v) is 9.11. The molecule has 0 saturated heterocycles. The highest BCUT2D eigenvalue weighted by atomic mass is 16.3. The lowest BCUT2D eigenvalue weighted by molar-refractivity contribution is -0.125. The molecule has 4 aliphatic rings. The number of hydrogen-bond acceptors (Lipinski definition) is 1. The SMILES string of the molecule is CC1CCC2C3CCC4CC(O)CC[C@]4(C)C3CC[C@]12C. The zero-order chi connectivity index (χ0) is 14.8. The van der Waals surface area contributed by atoms with Crippen molar-refractivity contribution < 1.29 is 5.11 Å². The fraction of sp³-hybridized carbons (Fsp3) is 1.00. The molecule has 0 aromatic carbocycles. The highest BCUT2D eigenvalue weighted by molar-refractivity contribution is 5.08. The van der Waals surface area contributed by atoms with Crippen LogP contribution in [0, 0.1) is 40.4 Å². The Labute approximate surface area is 130 Å². The second kappa shape index (κ2) is 4.73. The molecule has 1 N–H and O–H groups in total. The van der Waals surface area contributed by atoms with Crippen molar-refractivity contribution in [3.8, 4) is 0 Å². The van der Waals surface area contributed by atoms with Crippen LogP contribution in [0.1, 0.15) is 78.6 Å². The third kappa shape index (κ3) is 1.92. The van der Waals surface area contributed by atoms with Crippen LogP contribution in [-0.2, 0) is 0 Å². The van der Waals surface area contributed by atoms with Gasteiger partial charge in [-0.05, 0) is 98.2 Å². The summed E-state index contributed by atoms with van der Waals surface area (Å²) in [6, 6.07) is 0. The summed E-state index contributed by atoms with van der Waals surface area (Å²) in [5, 5.41) is 10.1. The predicted octanol–water partition coefficient (Wildman–Crippen LogP) is 5.03. The minimum Gasteiger partial charge on any atom is -0.393 e. The molecule has 120 valence electrons. The topological polar surface area (TPSA) is 20.2 Å². The Kier molecular flexibility index (Phi) is 3.27. The molecule has 0 aromatic heterocycles. The highest BCUT2D eigenvalue weighted by Crippen LogP contribution is 2.67. The molecule has 0 aromatic rings. The third-order valence-electron chi connectivity index (χ3n) is 9.11. The van der Waals surface area contributed by atoms with Gasteiger partial charge in [0.2, 0.25) is 0 Å². The van der Waals surface area contributed by atoms with E-state index in [1.807, 2.05) is 0 Å². The van der Waals surface area contributed by atoms with Crippen molar-refractivity contribution >= 4 is 0 Å². The Hall–Kier alpha value is -0.0400. The molecule has 8 atom stereocenters. The molecule has 21 heavy (non-hydrogen) atoms. The number of fused-ring (bicyclic) bond motifs is 5.